The zero-order valence-corrected chi connectivity index (χ0v) is 12.7. The molecule has 1 unspecified atom stereocenters. The van der Waals surface area contributed by atoms with Gasteiger partial charge in [0.15, 0.2) is 4.96 Å². The van der Waals surface area contributed by atoms with Crippen LogP contribution < -0.4 is 4.74 Å². The number of ether oxygens (including phenoxy) is 1. The first-order valence-electron chi connectivity index (χ1n) is 6.93. The van der Waals surface area contributed by atoms with Crippen molar-refractivity contribution in [3.8, 4) is 5.75 Å². The van der Waals surface area contributed by atoms with Gasteiger partial charge in [-0.05, 0) is 36.5 Å². The van der Waals surface area contributed by atoms with E-state index in [0.717, 1.165) is 29.2 Å². The Morgan fingerprint density at radius 1 is 1.38 bits per heavy atom. The molecule has 21 heavy (non-hydrogen) atoms. The topological polar surface area (TPSA) is 46.8 Å². The lowest BCUT2D eigenvalue weighted by Crippen LogP contribution is -2.13. The Balaban J connectivity index is 1.71. The lowest BCUT2D eigenvalue weighted by molar-refractivity contribution is 0.224. The zero-order valence-electron chi connectivity index (χ0n) is 11.9. The van der Waals surface area contributed by atoms with Crippen LogP contribution in [0.15, 0.2) is 42.0 Å². The van der Waals surface area contributed by atoms with Crippen molar-refractivity contribution in [2.45, 2.75) is 12.8 Å². The number of aliphatic hydroxyl groups is 1. The van der Waals surface area contributed by atoms with Gasteiger partial charge in [-0.25, -0.2) is 4.98 Å². The Labute approximate surface area is 127 Å². The standard InChI is InChI=1S/C16H18N2O2S/c1-20-15-4-2-3-12(9-15)7-13(11-19)8-14-10-18-5-6-21-16(18)17-14/h2-6,9-10,13,19H,7-8,11H2,1H3. The maximum absolute atomic E-state index is 9.64. The molecule has 5 heteroatoms. The number of imidazole rings is 1. The van der Waals surface area contributed by atoms with Crippen LogP contribution in [0.25, 0.3) is 4.96 Å². The van der Waals surface area contributed by atoms with E-state index in [2.05, 4.69) is 11.1 Å². The number of nitrogens with zero attached hydrogens (tertiary/aromatic N) is 2. The second-order valence-electron chi connectivity index (χ2n) is 5.13. The maximum atomic E-state index is 9.64. The molecule has 3 aromatic rings. The monoisotopic (exact) mass is 302 g/mol. The van der Waals surface area contributed by atoms with Crippen molar-refractivity contribution in [2.75, 3.05) is 13.7 Å². The summed E-state index contributed by atoms with van der Waals surface area (Å²) in [4.78, 5) is 5.58. The van der Waals surface area contributed by atoms with E-state index in [1.54, 1.807) is 18.4 Å². The lowest BCUT2D eigenvalue weighted by atomic mass is 9.95. The molecular weight excluding hydrogens is 284 g/mol. The molecule has 0 saturated heterocycles. The van der Waals surface area contributed by atoms with Crippen LogP contribution in [0, 0.1) is 5.92 Å². The van der Waals surface area contributed by atoms with Crippen molar-refractivity contribution in [3.05, 3.63) is 53.3 Å². The predicted molar refractivity (Wildman–Crippen MR) is 84.0 cm³/mol. The second kappa shape index (κ2) is 6.28. The highest BCUT2D eigenvalue weighted by Crippen LogP contribution is 2.19. The summed E-state index contributed by atoms with van der Waals surface area (Å²) in [5, 5.41) is 11.7. The number of hydrogen-bond donors (Lipinski definition) is 1. The average molecular weight is 302 g/mol. The molecule has 2 aromatic heterocycles. The van der Waals surface area contributed by atoms with E-state index < -0.39 is 0 Å². The van der Waals surface area contributed by atoms with E-state index in [1.165, 1.54) is 5.56 Å². The van der Waals surface area contributed by atoms with Gasteiger partial charge in [-0.3, -0.25) is 4.40 Å². The second-order valence-corrected chi connectivity index (χ2v) is 6.01. The van der Waals surface area contributed by atoms with E-state index in [1.807, 2.05) is 40.4 Å². The van der Waals surface area contributed by atoms with Gasteiger partial charge < -0.3 is 9.84 Å². The summed E-state index contributed by atoms with van der Waals surface area (Å²) in [6, 6.07) is 8.00. The SMILES string of the molecule is COc1cccc(CC(CO)Cc2cn3ccsc3n2)c1. The number of aliphatic hydroxyl groups excluding tert-OH is 1. The summed E-state index contributed by atoms with van der Waals surface area (Å²) in [5.74, 6) is 1.02. The van der Waals surface area contributed by atoms with Crippen LogP contribution in [0.2, 0.25) is 0 Å². The van der Waals surface area contributed by atoms with Gasteiger partial charge in [0.25, 0.3) is 0 Å². The number of aromatic nitrogens is 2. The Morgan fingerprint density at radius 2 is 2.29 bits per heavy atom. The van der Waals surface area contributed by atoms with Crippen molar-refractivity contribution < 1.29 is 9.84 Å². The number of methoxy groups -OCH3 is 1. The van der Waals surface area contributed by atoms with Crippen LogP contribution in [0.4, 0.5) is 0 Å². The molecule has 0 fully saturated rings. The number of hydrogen-bond acceptors (Lipinski definition) is 4. The largest absolute Gasteiger partial charge is 0.497 e. The van der Waals surface area contributed by atoms with E-state index in [0.29, 0.717) is 0 Å². The van der Waals surface area contributed by atoms with Crippen LogP contribution in [0.1, 0.15) is 11.3 Å². The summed E-state index contributed by atoms with van der Waals surface area (Å²) >= 11 is 1.62. The Morgan fingerprint density at radius 3 is 3.05 bits per heavy atom. The van der Waals surface area contributed by atoms with Gasteiger partial charge in [-0.2, -0.15) is 0 Å². The molecule has 0 aliphatic heterocycles. The predicted octanol–water partition coefficient (Wildman–Crippen LogP) is 2.80. The van der Waals surface area contributed by atoms with Gasteiger partial charge in [0, 0.05) is 24.4 Å². The molecule has 0 amide bonds. The minimum atomic E-state index is 0.155. The lowest BCUT2D eigenvalue weighted by Gasteiger charge is -2.13. The summed E-state index contributed by atoms with van der Waals surface area (Å²) in [5.41, 5.74) is 2.21. The fourth-order valence-corrected chi connectivity index (χ4v) is 3.22. The maximum Gasteiger partial charge on any atom is 0.193 e. The van der Waals surface area contributed by atoms with Gasteiger partial charge in [-0.1, -0.05) is 12.1 Å². The third-order valence-electron chi connectivity index (χ3n) is 3.56. The van der Waals surface area contributed by atoms with Gasteiger partial charge >= 0.3 is 0 Å². The zero-order chi connectivity index (χ0) is 14.7. The minimum absolute atomic E-state index is 0.155. The van der Waals surface area contributed by atoms with Crippen molar-refractivity contribution in [2.24, 2.45) is 5.92 Å². The Kier molecular flexibility index (Phi) is 4.22. The fourth-order valence-electron chi connectivity index (χ4n) is 2.50. The molecule has 4 nitrogen and oxygen atoms in total. The van der Waals surface area contributed by atoms with Crippen molar-refractivity contribution in [1.29, 1.82) is 0 Å². The molecular formula is C16H18N2O2S. The highest BCUT2D eigenvalue weighted by Gasteiger charge is 2.13. The Bertz CT molecular complexity index is 691. The van der Waals surface area contributed by atoms with Crippen LogP contribution in [0.3, 0.4) is 0 Å². The normalized spacial score (nSPS) is 12.7. The Hall–Kier alpha value is -1.85. The van der Waals surface area contributed by atoms with Crippen molar-refractivity contribution >= 4 is 16.3 Å². The molecule has 0 aliphatic rings. The van der Waals surface area contributed by atoms with E-state index in [-0.39, 0.29) is 12.5 Å². The van der Waals surface area contributed by atoms with E-state index in [9.17, 15) is 5.11 Å². The third kappa shape index (κ3) is 3.25. The summed E-state index contributed by atoms with van der Waals surface area (Å²) in [6.45, 7) is 0.155. The molecule has 1 aromatic carbocycles. The van der Waals surface area contributed by atoms with E-state index in [4.69, 9.17) is 4.74 Å². The highest BCUT2D eigenvalue weighted by atomic mass is 32.1. The average Bonchev–Trinajstić information content (AvgIpc) is 3.08. The molecule has 110 valence electrons. The molecule has 0 spiro atoms. The quantitative estimate of drug-likeness (QED) is 0.761. The molecule has 0 saturated carbocycles. The molecule has 0 radical (unpaired) electrons. The van der Waals surface area contributed by atoms with Crippen LogP contribution in [-0.2, 0) is 12.8 Å². The van der Waals surface area contributed by atoms with Gasteiger partial charge in [-0.15, -0.1) is 11.3 Å². The molecule has 1 atom stereocenters. The molecule has 2 heterocycles. The third-order valence-corrected chi connectivity index (χ3v) is 4.33. The minimum Gasteiger partial charge on any atom is -0.497 e. The van der Waals surface area contributed by atoms with Gasteiger partial charge in [0.2, 0.25) is 0 Å². The molecule has 1 N–H and O–H groups in total. The van der Waals surface area contributed by atoms with E-state index >= 15 is 0 Å². The summed E-state index contributed by atoms with van der Waals surface area (Å²) in [6.07, 6.45) is 5.65. The molecule has 0 bridgehead atoms. The number of thiazole rings is 1. The summed E-state index contributed by atoms with van der Waals surface area (Å²) < 4.78 is 7.27. The smallest absolute Gasteiger partial charge is 0.193 e. The first kappa shape index (κ1) is 14.1. The van der Waals surface area contributed by atoms with Crippen molar-refractivity contribution in [3.63, 3.8) is 0 Å². The van der Waals surface area contributed by atoms with Crippen LogP contribution in [-0.4, -0.2) is 28.2 Å². The fraction of sp³-hybridized carbons (Fsp3) is 0.312. The first-order valence-corrected chi connectivity index (χ1v) is 7.81. The van der Waals surface area contributed by atoms with Gasteiger partial charge in [0.1, 0.15) is 5.75 Å². The van der Waals surface area contributed by atoms with Crippen LogP contribution in [0.5, 0.6) is 5.75 Å². The van der Waals surface area contributed by atoms with Crippen molar-refractivity contribution in [1.82, 2.24) is 9.38 Å². The molecule has 3 rings (SSSR count). The highest BCUT2D eigenvalue weighted by molar-refractivity contribution is 7.15. The van der Waals surface area contributed by atoms with Crippen LogP contribution >= 0.6 is 11.3 Å². The summed E-state index contributed by atoms with van der Waals surface area (Å²) in [7, 11) is 1.67. The van der Waals surface area contributed by atoms with Gasteiger partial charge in [0.05, 0.1) is 12.8 Å². The molecule has 0 aliphatic carbocycles. The number of rotatable bonds is 6. The number of fused-ring (bicyclic) bond motifs is 1. The number of benzene rings is 1. The first-order chi connectivity index (χ1) is 10.3.